The van der Waals surface area contributed by atoms with Crippen LogP contribution in [0.15, 0.2) is 12.3 Å². The van der Waals surface area contributed by atoms with Crippen molar-refractivity contribution in [2.24, 2.45) is 0 Å². The summed E-state index contributed by atoms with van der Waals surface area (Å²) < 4.78 is 8.97. The van der Waals surface area contributed by atoms with Gasteiger partial charge in [-0.15, -0.1) is 0 Å². The molecule has 4 heterocycles. The normalized spacial score (nSPS) is 26.5. The second-order valence-corrected chi connectivity index (χ2v) is 10.9. The highest BCUT2D eigenvalue weighted by Crippen LogP contribution is 2.37. The number of nitrogens with zero attached hydrogens (tertiary/aromatic N) is 5. The molecule has 2 saturated heterocycles. The van der Waals surface area contributed by atoms with E-state index >= 15 is 0 Å². The fourth-order valence-electron chi connectivity index (χ4n) is 5.47. The fraction of sp³-hybridized carbons (Fsp3) is 0.769. The molecule has 0 bridgehead atoms. The van der Waals surface area contributed by atoms with Gasteiger partial charge < -0.3 is 19.6 Å². The number of likely N-dealkylation sites (N-methyl/N-ethyl adjacent to an activating group) is 1. The summed E-state index contributed by atoms with van der Waals surface area (Å²) in [4.78, 5) is 14.7. The van der Waals surface area contributed by atoms with Crippen LogP contribution in [0.3, 0.4) is 0 Å². The van der Waals surface area contributed by atoms with Crippen LogP contribution in [0, 0.1) is 0 Å². The minimum Gasteiger partial charge on any atom is -0.461 e. The van der Waals surface area contributed by atoms with Gasteiger partial charge in [0.15, 0.2) is 0 Å². The predicted molar refractivity (Wildman–Crippen MR) is 140 cm³/mol. The average molecular weight is 490 g/mol. The first-order valence-electron chi connectivity index (χ1n) is 13.4. The molecule has 34 heavy (non-hydrogen) atoms. The highest BCUT2D eigenvalue weighted by molar-refractivity contribution is 7.97. The van der Waals surface area contributed by atoms with Crippen molar-refractivity contribution in [1.29, 1.82) is 0 Å². The van der Waals surface area contributed by atoms with Crippen LogP contribution in [0.1, 0.15) is 77.0 Å². The Morgan fingerprint density at radius 1 is 1.15 bits per heavy atom. The molecule has 0 amide bonds. The van der Waals surface area contributed by atoms with Crippen molar-refractivity contribution >= 4 is 17.8 Å². The summed E-state index contributed by atoms with van der Waals surface area (Å²) in [6.45, 7) is 11.9. The first-order chi connectivity index (χ1) is 16.6. The predicted octanol–water partition coefficient (Wildman–Crippen LogP) is 4.40. The summed E-state index contributed by atoms with van der Waals surface area (Å²) in [6.07, 6.45) is 12.3. The van der Waals surface area contributed by atoms with Crippen LogP contribution >= 0.6 is 11.9 Å². The first kappa shape index (κ1) is 25.6. The molecule has 8 heteroatoms. The van der Waals surface area contributed by atoms with Crippen LogP contribution in [-0.4, -0.2) is 74.5 Å². The van der Waals surface area contributed by atoms with Crippen LogP contribution in [0.4, 0.5) is 5.82 Å². The Morgan fingerprint density at radius 2 is 2.03 bits per heavy atom. The zero-order valence-corrected chi connectivity index (χ0v) is 22.2. The maximum absolute atomic E-state index is 10.2. The maximum atomic E-state index is 10.2. The molecule has 1 N–H and O–H groups in total. The molecule has 4 rings (SSSR count). The highest BCUT2D eigenvalue weighted by atomic mass is 32.2. The van der Waals surface area contributed by atoms with Gasteiger partial charge in [0.25, 0.3) is 0 Å². The number of anilines is 1. The standard InChI is InChI=1S/C26H43N5O2S/c1-4-7-14-29-16-12-22-23(19-29)27-25(28-24(22)30-15-8-10-21(32)11-17-30)33-20-26(5-2)13-9-18-34-31(26)6-3/h7,14,21,32H,4-6,8-13,15-20H2,1-3H3/b14-7+. The van der Waals surface area contributed by atoms with E-state index in [9.17, 15) is 5.11 Å². The third kappa shape index (κ3) is 5.82. The number of aliphatic hydroxyl groups excluding tert-OH is 1. The van der Waals surface area contributed by atoms with Crippen LogP contribution in [0.25, 0.3) is 0 Å². The van der Waals surface area contributed by atoms with E-state index in [0.29, 0.717) is 12.6 Å². The molecule has 7 nitrogen and oxygen atoms in total. The largest absolute Gasteiger partial charge is 0.461 e. The lowest BCUT2D eigenvalue weighted by Gasteiger charge is -2.45. The van der Waals surface area contributed by atoms with E-state index in [0.717, 1.165) is 89.2 Å². The van der Waals surface area contributed by atoms with Gasteiger partial charge in [-0.2, -0.15) is 9.97 Å². The molecule has 0 spiro atoms. The van der Waals surface area contributed by atoms with Crippen molar-refractivity contribution in [3.8, 4) is 6.01 Å². The van der Waals surface area contributed by atoms with Crippen molar-refractivity contribution in [2.45, 2.75) is 90.3 Å². The van der Waals surface area contributed by atoms with Gasteiger partial charge in [-0.3, -0.25) is 0 Å². The van der Waals surface area contributed by atoms with Gasteiger partial charge in [-0.1, -0.05) is 38.8 Å². The molecular weight excluding hydrogens is 446 g/mol. The first-order valence-corrected chi connectivity index (χ1v) is 14.3. The van der Waals surface area contributed by atoms with Crippen molar-refractivity contribution in [2.75, 3.05) is 43.4 Å². The lowest BCUT2D eigenvalue weighted by molar-refractivity contribution is 0.0901. The molecule has 3 aliphatic heterocycles. The summed E-state index contributed by atoms with van der Waals surface area (Å²) in [7, 11) is 0. The minimum atomic E-state index is -0.207. The quantitative estimate of drug-likeness (QED) is 0.539. The number of aromatic nitrogens is 2. The van der Waals surface area contributed by atoms with E-state index in [1.165, 1.54) is 17.7 Å². The Kier molecular flexibility index (Phi) is 8.99. The number of allylic oxidation sites excluding steroid dienone is 1. The van der Waals surface area contributed by atoms with E-state index in [-0.39, 0.29) is 11.6 Å². The van der Waals surface area contributed by atoms with Crippen molar-refractivity contribution in [3.63, 3.8) is 0 Å². The number of fused-ring (bicyclic) bond motifs is 1. The molecule has 1 aromatic heterocycles. The van der Waals surface area contributed by atoms with Gasteiger partial charge in [-0.05, 0) is 57.6 Å². The molecule has 0 aliphatic carbocycles. The number of ether oxygens (including phenoxy) is 1. The van der Waals surface area contributed by atoms with Crippen molar-refractivity contribution < 1.29 is 9.84 Å². The van der Waals surface area contributed by atoms with Gasteiger partial charge in [0.2, 0.25) is 0 Å². The highest BCUT2D eigenvalue weighted by Gasteiger charge is 2.38. The topological polar surface area (TPSA) is 65.0 Å². The summed E-state index contributed by atoms with van der Waals surface area (Å²) in [5.74, 6) is 2.22. The Labute approximate surface area is 210 Å². The van der Waals surface area contributed by atoms with Crippen molar-refractivity contribution in [1.82, 2.24) is 19.2 Å². The smallest absolute Gasteiger partial charge is 0.318 e. The second kappa shape index (κ2) is 12.0. The van der Waals surface area contributed by atoms with Gasteiger partial charge in [-0.25, -0.2) is 4.31 Å². The van der Waals surface area contributed by atoms with Gasteiger partial charge in [0, 0.05) is 37.5 Å². The molecule has 0 aromatic carbocycles. The van der Waals surface area contributed by atoms with Gasteiger partial charge >= 0.3 is 6.01 Å². The Morgan fingerprint density at radius 3 is 2.82 bits per heavy atom. The average Bonchev–Trinajstić information content (AvgIpc) is 3.09. The summed E-state index contributed by atoms with van der Waals surface area (Å²) in [6, 6.07) is 0.513. The lowest BCUT2D eigenvalue weighted by Crippen LogP contribution is -2.51. The summed E-state index contributed by atoms with van der Waals surface area (Å²) >= 11 is 1.96. The van der Waals surface area contributed by atoms with Crippen LogP contribution < -0.4 is 9.64 Å². The van der Waals surface area contributed by atoms with Crippen LogP contribution in [0.2, 0.25) is 0 Å². The van der Waals surface area contributed by atoms with Crippen LogP contribution in [-0.2, 0) is 13.0 Å². The van der Waals surface area contributed by atoms with Crippen LogP contribution in [0.5, 0.6) is 6.01 Å². The SMILES string of the molecule is CC/C=C/N1CCc2c(nc(OCC3(CC)CCCSN3CC)nc2N2CCCC(O)CC2)C1. The zero-order valence-electron chi connectivity index (χ0n) is 21.3. The number of aliphatic hydroxyl groups is 1. The number of hydrogen-bond acceptors (Lipinski definition) is 8. The summed E-state index contributed by atoms with van der Waals surface area (Å²) in [5.41, 5.74) is 2.39. The molecule has 3 aliphatic rings. The molecule has 190 valence electrons. The van der Waals surface area contributed by atoms with Gasteiger partial charge in [0.1, 0.15) is 12.4 Å². The molecule has 0 radical (unpaired) electrons. The molecule has 2 atom stereocenters. The van der Waals surface area contributed by atoms with E-state index in [4.69, 9.17) is 14.7 Å². The van der Waals surface area contributed by atoms with E-state index < -0.39 is 0 Å². The third-order valence-corrected chi connectivity index (χ3v) is 9.01. The third-order valence-electron chi connectivity index (χ3n) is 7.58. The Hall–Kier alpha value is -1.51. The molecular formula is C26H43N5O2S. The van der Waals surface area contributed by atoms with E-state index in [2.05, 4.69) is 47.2 Å². The van der Waals surface area contributed by atoms with E-state index in [1.807, 2.05) is 11.9 Å². The monoisotopic (exact) mass is 489 g/mol. The summed E-state index contributed by atoms with van der Waals surface area (Å²) in [5, 5.41) is 10.2. The van der Waals surface area contributed by atoms with Gasteiger partial charge in [0.05, 0.1) is 23.9 Å². The van der Waals surface area contributed by atoms with Crippen molar-refractivity contribution in [3.05, 3.63) is 23.5 Å². The number of hydrogen-bond donors (Lipinski definition) is 1. The molecule has 2 fully saturated rings. The fourth-order valence-corrected chi connectivity index (χ4v) is 6.69. The molecule has 1 aromatic rings. The zero-order chi connectivity index (χ0) is 24.0. The Balaban J connectivity index is 1.61. The second-order valence-electron chi connectivity index (χ2n) is 9.84. The molecule has 0 saturated carbocycles. The maximum Gasteiger partial charge on any atom is 0.318 e. The number of rotatable bonds is 8. The Bertz CT molecular complexity index is 838. The molecule has 2 unspecified atom stereocenters. The van der Waals surface area contributed by atoms with E-state index in [1.54, 1.807) is 0 Å². The minimum absolute atomic E-state index is 0.0414. The lowest BCUT2D eigenvalue weighted by atomic mass is 9.91.